The molecule has 0 aliphatic heterocycles. The monoisotopic (exact) mass is 142 g/mol. The van der Waals surface area contributed by atoms with Crippen LogP contribution in [0.15, 0.2) is 0 Å². The molecule has 0 spiro atoms. The van der Waals surface area contributed by atoms with Crippen LogP contribution in [0.25, 0.3) is 0 Å². The van der Waals surface area contributed by atoms with E-state index in [4.69, 9.17) is 5.11 Å². The predicted octanol–water partition coefficient (Wildman–Crippen LogP) is 0.532. The lowest BCUT2D eigenvalue weighted by atomic mass is 10.1. The largest absolute Gasteiger partial charge is 0.381 e. The lowest BCUT2D eigenvalue weighted by molar-refractivity contribution is 0.117. The molecule has 0 heterocycles. The maximum Gasteiger partial charge on any atom is 0.122 e. The highest BCUT2D eigenvalue weighted by Gasteiger charge is 2.12. The van der Waals surface area contributed by atoms with E-state index in [2.05, 4.69) is 11.8 Å². The van der Waals surface area contributed by atoms with Gasteiger partial charge in [-0.15, -0.1) is 0 Å². The van der Waals surface area contributed by atoms with Gasteiger partial charge in [-0.3, -0.25) is 0 Å². The quantitative estimate of drug-likeness (QED) is 0.524. The van der Waals surface area contributed by atoms with Gasteiger partial charge in [-0.1, -0.05) is 18.8 Å². The molecule has 0 bridgehead atoms. The van der Waals surface area contributed by atoms with Crippen LogP contribution in [0.2, 0.25) is 0 Å². The fraction of sp³-hybridized carbons (Fsp3) is 0.750. The van der Waals surface area contributed by atoms with Gasteiger partial charge in [0.05, 0.1) is 0 Å². The lowest BCUT2D eigenvalue weighted by Gasteiger charge is -2.11. The summed E-state index contributed by atoms with van der Waals surface area (Å²) in [6.45, 7) is 5.04. The van der Waals surface area contributed by atoms with Crippen molar-refractivity contribution < 1.29 is 10.2 Å². The first-order valence-corrected chi connectivity index (χ1v) is 3.41. The molecule has 2 atom stereocenters. The molecule has 0 radical (unpaired) electrons. The van der Waals surface area contributed by atoms with Crippen LogP contribution in [0.4, 0.5) is 0 Å². The molecule has 0 aliphatic rings. The Hall–Kier alpha value is -0.520. The van der Waals surface area contributed by atoms with E-state index < -0.39 is 11.7 Å². The average Bonchev–Trinajstić information content (AvgIpc) is 1.85. The Balaban J connectivity index is 4.02. The van der Waals surface area contributed by atoms with Crippen molar-refractivity contribution >= 4 is 0 Å². The Morgan fingerprint density at radius 3 is 2.40 bits per heavy atom. The average molecular weight is 142 g/mol. The minimum absolute atomic E-state index is 0.576. The summed E-state index contributed by atoms with van der Waals surface area (Å²) in [5.41, 5.74) is -0.947. The summed E-state index contributed by atoms with van der Waals surface area (Å²) in [5.74, 6) is 5.06. The summed E-state index contributed by atoms with van der Waals surface area (Å²) < 4.78 is 0. The standard InChI is InChI=1S/C8H14O2/c1-4-8(3,10)6-5-7(2)9/h7,9-10H,4H2,1-3H3. The van der Waals surface area contributed by atoms with Crippen molar-refractivity contribution in [1.82, 2.24) is 0 Å². The number of hydrogen-bond donors (Lipinski definition) is 2. The van der Waals surface area contributed by atoms with Gasteiger partial charge in [-0.2, -0.15) is 0 Å². The molecule has 0 fully saturated rings. The van der Waals surface area contributed by atoms with Crippen molar-refractivity contribution in [2.75, 3.05) is 0 Å². The molecule has 0 aromatic carbocycles. The van der Waals surface area contributed by atoms with Crippen LogP contribution < -0.4 is 0 Å². The van der Waals surface area contributed by atoms with Crippen LogP contribution in [-0.2, 0) is 0 Å². The van der Waals surface area contributed by atoms with Crippen LogP contribution in [0.5, 0.6) is 0 Å². The Bertz CT molecular complexity index is 148. The number of aliphatic hydroxyl groups excluding tert-OH is 1. The van der Waals surface area contributed by atoms with E-state index in [1.165, 1.54) is 0 Å². The van der Waals surface area contributed by atoms with Crippen LogP contribution >= 0.6 is 0 Å². The summed E-state index contributed by atoms with van der Waals surface area (Å²) >= 11 is 0. The summed E-state index contributed by atoms with van der Waals surface area (Å²) in [7, 11) is 0. The fourth-order valence-corrected chi connectivity index (χ4v) is 0.348. The number of aliphatic hydroxyl groups is 2. The maximum atomic E-state index is 9.29. The normalized spacial score (nSPS) is 18.5. The Morgan fingerprint density at radius 1 is 1.60 bits per heavy atom. The Morgan fingerprint density at radius 2 is 2.10 bits per heavy atom. The second-order valence-electron chi connectivity index (χ2n) is 2.57. The van der Waals surface area contributed by atoms with Crippen molar-refractivity contribution in [3.63, 3.8) is 0 Å². The van der Waals surface area contributed by atoms with Gasteiger partial charge in [0.25, 0.3) is 0 Å². The van der Waals surface area contributed by atoms with Gasteiger partial charge < -0.3 is 10.2 Å². The number of hydrogen-bond acceptors (Lipinski definition) is 2. The van der Waals surface area contributed by atoms with E-state index in [1.54, 1.807) is 13.8 Å². The van der Waals surface area contributed by atoms with E-state index in [1.807, 2.05) is 6.92 Å². The zero-order chi connectivity index (χ0) is 8.20. The third-order valence-electron chi connectivity index (χ3n) is 1.24. The molecule has 0 aromatic rings. The zero-order valence-corrected chi connectivity index (χ0v) is 6.68. The van der Waals surface area contributed by atoms with Crippen molar-refractivity contribution in [3.05, 3.63) is 0 Å². The van der Waals surface area contributed by atoms with Gasteiger partial charge in [0.1, 0.15) is 11.7 Å². The minimum atomic E-state index is -0.947. The SMILES string of the molecule is CCC(C)(O)C#CC(C)O. The van der Waals surface area contributed by atoms with Crippen LogP contribution in [0, 0.1) is 11.8 Å². The van der Waals surface area contributed by atoms with Crippen LogP contribution in [0.3, 0.4) is 0 Å². The molecule has 2 heteroatoms. The summed E-state index contributed by atoms with van der Waals surface area (Å²) in [6.07, 6.45) is -0.0785. The van der Waals surface area contributed by atoms with E-state index in [0.29, 0.717) is 6.42 Å². The molecule has 0 aliphatic carbocycles. The third-order valence-corrected chi connectivity index (χ3v) is 1.24. The first-order chi connectivity index (χ1) is 4.48. The molecule has 0 rings (SSSR count). The third kappa shape index (κ3) is 4.37. The van der Waals surface area contributed by atoms with Crippen LogP contribution in [0.1, 0.15) is 27.2 Å². The smallest absolute Gasteiger partial charge is 0.122 e. The predicted molar refractivity (Wildman–Crippen MR) is 40.4 cm³/mol. The van der Waals surface area contributed by atoms with Gasteiger partial charge in [0, 0.05) is 0 Å². The minimum Gasteiger partial charge on any atom is -0.381 e. The van der Waals surface area contributed by atoms with Gasteiger partial charge in [-0.25, -0.2) is 0 Å². The van der Waals surface area contributed by atoms with E-state index >= 15 is 0 Å². The second kappa shape index (κ2) is 3.60. The summed E-state index contributed by atoms with van der Waals surface area (Å²) in [5, 5.41) is 18.0. The topological polar surface area (TPSA) is 40.5 Å². The molecule has 0 amide bonds. The fourth-order valence-electron chi connectivity index (χ4n) is 0.348. The van der Waals surface area contributed by atoms with E-state index in [0.717, 1.165) is 0 Å². The summed E-state index contributed by atoms with van der Waals surface area (Å²) in [6, 6.07) is 0. The Labute approximate surface area is 61.9 Å². The van der Waals surface area contributed by atoms with E-state index in [-0.39, 0.29) is 0 Å². The zero-order valence-electron chi connectivity index (χ0n) is 6.68. The van der Waals surface area contributed by atoms with Gasteiger partial charge >= 0.3 is 0 Å². The molecule has 58 valence electrons. The highest BCUT2D eigenvalue weighted by atomic mass is 16.3. The molecule has 0 saturated carbocycles. The number of rotatable bonds is 1. The van der Waals surface area contributed by atoms with Gasteiger partial charge in [0.2, 0.25) is 0 Å². The van der Waals surface area contributed by atoms with Crippen molar-refractivity contribution in [2.45, 2.75) is 38.9 Å². The Kier molecular flexibility index (Phi) is 3.41. The molecule has 2 unspecified atom stereocenters. The van der Waals surface area contributed by atoms with Gasteiger partial charge in [0.15, 0.2) is 0 Å². The molecule has 0 saturated heterocycles. The molecule has 0 aromatic heterocycles. The van der Waals surface area contributed by atoms with Crippen molar-refractivity contribution in [1.29, 1.82) is 0 Å². The van der Waals surface area contributed by atoms with Crippen molar-refractivity contribution in [2.24, 2.45) is 0 Å². The van der Waals surface area contributed by atoms with E-state index in [9.17, 15) is 5.11 Å². The maximum absolute atomic E-state index is 9.29. The first kappa shape index (κ1) is 9.48. The van der Waals surface area contributed by atoms with Crippen molar-refractivity contribution in [3.8, 4) is 11.8 Å². The molecular weight excluding hydrogens is 128 g/mol. The van der Waals surface area contributed by atoms with Gasteiger partial charge in [-0.05, 0) is 20.3 Å². The molecule has 10 heavy (non-hydrogen) atoms. The first-order valence-electron chi connectivity index (χ1n) is 3.41. The highest BCUT2D eigenvalue weighted by molar-refractivity contribution is 5.13. The molecule has 2 N–H and O–H groups in total. The highest BCUT2D eigenvalue weighted by Crippen LogP contribution is 2.05. The second-order valence-corrected chi connectivity index (χ2v) is 2.57. The lowest BCUT2D eigenvalue weighted by Crippen LogP contribution is -2.20. The molecule has 2 nitrogen and oxygen atoms in total. The van der Waals surface area contributed by atoms with Crippen LogP contribution in [-0.4, -0.2) is 21.9 Å². The molecular formula is C8H14O2. The summed E-state index contributed by atoms with van der Waals surface area (Å²) in [4.78, 5) is 0.